The molecule has 0 fully saturated rings. The molecule has 4 rings (SSSR count). The molecule has 1 heterocycles. The maximum Gasteiger partial charge on any atom is 0.351 e. The number of carboxylic acid groups (broad SMARTS) is 1. The average Bonchev–Trinajstić information content (AvgIpc) is 2.67. The summed E-state index contributed by atoms with van der Waals surface area (Å²) in [5, 5.41) is 12.0. The van der Waals surface area contributed by atoms with Crippen LogP contribution in [0.2, 0.25) is 0 Å². The summed E-state index contributed by atoms with van der Waals surface area (Å²) in [5.74, 6) is -1.29. The Morgan fingerprint density at radius 2 is 1.78 bits per heavy atom. The number of rotatable bonds is 4. The van der Waals surface area contributed by atoms with Gasteiger partial charge in [0.2, 0.25) is 0 Å². The molecule has 0 bridgehead atoms. The molecule has 134 valence electrons. The Balaban J connectivity index is 1.70. The molecule has 1 aromatic heterocycles. The highest BCUT2D eigenvalue weighted by atomic mass is 16.4. The predicted molar refractivity (Wildman–Crippen MR) is 105 cm³/mol. The van der Waals surface area contributed by atoms with Crippen molar-refractivity contribution >= 4 is 33.4 Å². The maximum atomic E-state index is 11.8. The zero-order chi connectivity index (χ0) is 19.0. The van der Waals surface area contributed by atoms with Gasteiger partial charge < -0.3 is 14.4 Å². The minimum atomic E-state index is -1.29. The Bertz CT molecular complexity index is 1220. The van der Waals surface area contributed by atoms with Crippen LogP contribution in [-0.2, 0) is 6.54 Å². The molecule has 0 unspecified atom stereocenters. The minimum absolute atomic E-state index is 0.362. The molecule has 0 spiro atoms. The van der Waals surface area contributed by atoms with Crippen molar-refractivity contribution in [3.63, 3.8) is 0 Å². The summed E-state index contributed by atoms with van der Waals surface area (Å²) >= 11 is 0. The smallest absolute Gasteiger partial charge is 0.351 e. The van der Waals surface area contributed by atoms with Gasteiger partial charge in [-0.2, -0.15) is 0 Å². The van der Waals surface area contributed by atoms with Gasteiger partial charge in [-0.1, -0.05) is 42.5 Å². The van der Waals surface area contributed by atoms with E-state index < -0.39 is 11.6 Å². The SMILES string of the molecule is CN(Cc1cccc2ccccc12)c1ccc2cc(C(=O)O)c(=O)oc2c1. The van der Waals surface area contributed by atoms with E-state index in [2.05, 4.69) is 29.2 Å². The lowest BCUT2D eigenvalue weighted by atomic mass is 10.0. The van der Waals surface area contributed by atoms with Crippen molar-refractivity contribution in [1.82, 2.24) is 0 Å². The Morgan fingerprint density at radius 1 is 1.00 bits per heavy atom. The molecule has 0 aliphatic rings. The Morgan fingerprint density at radius 3 is 2.59 bits per heavy atom. The second-order valence-electron chi connectivity index (χ2n) is 6.47. The zero-order valence-corrected chi connectivity index (χ0v) is 14.7. The van der Waals surface area contributed by atoms with Crippen LogP contribution >= 0.6 is 0 Å². The van der Waals surface area contributed by atoms with Crippen LogP contribution in [0, 0.1) is 0 Å². The van der Waals surface area contributed by atoms with E-state index in [0.717, 1.165) is 5.69 Å². The standard InChI is InChI=1S/C22H17NO4/c1-23(13-16-7-4-6-14-5-2-3-8-18(14)16)17-10-9-15-11-19(21(24)25)22(26)27-20(15)12-17/h2-12H,13H2,1H3,(H,24,25). The number of hydrogen-bond donors (Lipinski definition) is 1. The number of fused-ring (bicyclic) bond motifs is 2. The number of carbonyl (C=O) groups is 1. The largest absolute Gasteiger partial charge is 0.477 e. The summed E-state index contributed by atoms with van der Waals surface area (Å²) in [7, 11) is 1.96. The molecule has 0 saturated carbocycles. The quantitative estimate of drug-likeness (QED) is 0.551. The molecule has 4 aromatic rings. The molecule has 0 amide bonds. The fraction of sp³-hybridized carbons (Fsp3) is 0.0909. The van der Waals surface area contributed by atoms with Gasteiger partial charge in [0.15, 0.2) is 0 Å². The van der Waals surface area contributed by atoms with Gasteiger partial charge in [0.1, 0.15) is 11.1 Å². The summed E-state index contributed by atoms with van der Waals surface area (Å²) in [6.07, 6.45) is 0. The number of benzene rings is 3. The lowest BCUT2D eigenvalue weighted by Crippen LogP contribution is -2.17. The number of hydrogen-bond acceptors (Lipinski definition) is 4. The van der Waals surface area contributed by atoms with Gasteiger partial charge in [0.25, 0.3) is 0 Å². The van der Waals surface area contributed by atoms with Crippen molar-refractivity contribution in [2.24, 2.45) is 0 Å². The Hall–Kier alpha value is -3.60. The van der Waals surface area contributed by atoms with E-state index in [0.29, 0.717) is 17.5 Å². The van der Waals surface area contributed by atoms with Crippen LogP contribution < -0.4 is 10.5 Å². The van der Waals surface area contributed by atoms with Crippen molar-refractivity contribution < 1.29 is 14.3 Å². The number of anilines is 1. The second kappa shape index (κ2) is 6.61. The molecule has 5 nitrogen and oxygen atoms in total. The lowest BCUT2D eigenvalue weighted by molar-refractivity contribution is 0.0692. The van der Waals surface area contributed by atoms with E-state index in [1.54, 1.807) is 12.1 Å². The van der Waals surface area contributed by atoms with Crippen LogP contribution in [0.4, 0.5) is 5.69 Å². The van der Waals surface area contributed by atoms with Crippen LogP contribution in [0.25, 0.3) is 21.7 Å². The van der Waals surface area contributed by atoms with Crippen molar-refractivity contribution in [3.05, 3.63) is 88.3 Å². The summed E-state index contributed by atoms with van der Waals surface area (Å²) in [4.78, 5) is 25.0. The summed E-state index contributed by atoms with van der Waals surface area (Å²) < 4.78 is 5.20. The molecular weight excluding hydrogens is 342 g/mol. The van der Waals surface area contributed by atoms with E-state index in [-0.39, 0.29) is 5.56 Å². The van der Waals surface area contributed by atoms with Crippen LogP contribution in [0.15, 0.2) is 75.9 Å². The fourth-order valence-corrected chi connectivity index (χ4v) is 3.26. The first kappa shape index (κ1) is 16.8. The lowest BCUT2D eigenvalue weighted by Gasteiger charge is -2.20. The van der Waals surface area contributed by atoms with E-state index in [1.807, 2.05) is 31.3 Å². The average molecular weight is 359 g/mol. The normalized spacial score (nSPS) is 11.0. The van der Waals surface area contributed by atoms with Gasteiger partial charge in [-0.05, 0) is 34.5 Å². The highest BCUT2D eigenvalue weighted by molar-refractivity contribution is 5.92. The molecule has 0 radical (unpaired) electrons. The van der Waals surface area contributed by atoms with Gasteiger partial charge in [0.05, 0.1) is 0 Å². The van der Waals surface area contributed by atoms with Crippen LogP contribution in [0.1, 0.15) is 15.9 Å². The van der Waals surface area contributed by atoms with Crippen LogP contribution in [0.3, 0.4) is 0 Å². The number of carboxylic acids is 1. The first-order valence-corrected chi connectivity index (χ1v) is 8.52. The summed E-state index contributed by atoms with van der Waals surface area (Å²) in [6.45, 7) is 0.685. The van der Waals surface area contributed by atoms with Crippen molar-refractivity contribution in [1.29, 1.82) is 0 Å². The second-order valence-corrected chi connectivity index (χ2v) is 6.47. The molecule has 0 atom stereocenters. The Labute approximate surface area is 155 Å². The van der Waals surface area contributed by atoms with E-state index in [1.165, 1.54) is 22.4 Å². The first-order chi connectivity index (χ1) is 13.0. The van der Waals surface area contributed by atoms with Gasteiger partial charge in [0, 0.05) is 30.7 Å². The maximum absolute atomic E-state index is 11.8. The van der Waals surface area contributed by atoms with Gasteiger partial charge in [-0.25, -0.2) is 9.59 Å². The number of aromatic carboxylic acids is 1. The number of nitrogens with zero attached hydrogens (tertiary/aromatic N) is 1. The summed E-state index contributed by atoms with van der Waals surface area (Å²) in [6, 6.07) is 21.2. The topological polar surface area (TPSA) is 70.8 Å². The molecule has 1 N–H and O–H groups in total. The third kappa shape index (κ3) is 3.15. The molecule has 5 heteroatoms. The van der Waals surface area contributed by atoms with Crippen molar-refractivity contribution in [3.8, 4) is 0 Å². The monoisotopic (exact) mass is 359 g/mol. The van der Waals surface area contributed by atoms with Gasteiger partial charge >= 0.3 is 11.6 Å². The van der Waals surface area contributed by atoms with Gasteiger partial charge in [-0.3, -0.25) is 0 Å². The first-order valence-electron chi connectivity index (χ1n) is 8.52. The van der Waals surface area contributed by atoms with E-state index in [9.17, 15) is 9.59 Å². The van der Waals surface area contributed by atoms with E-state index in [4.69, 9.17) is 9.52 Å². The Kier molecular flexibility index (Phi) is 4.12. The van der Waals surface area contributed by atoms with Crippen LogP contribution in [-0.4, -0.2) is 18.1 Å². The van der Waals surface area contributed by atoms with Gasteiger partial charge in [-0.15, -0.1) is 0 Å². The van der Waals surface area contributed by atoms with E-state index >= 15 is 0 Å². The van der Waals surface area contributed by atoms with Crippen molar-refractivity contribution in [2.45, 2.75) is 6.54 Å². The molecule has 0 saturated heterocycles. The van der Waals surface area contributed by atoms with Crippen LogP contribution in [0.5, 0.6) is 0 Å². The fourth-order valence-electron chi connectivity index (χ4n) is 3.26. The molecule has 0 aliphatic carbocycles. The van der Waals surface area contributed by atoms with Crippen molar-refractivity contribution in [2.75, 3.05) is 11.9 Å². The highest BCUT2D eigenvalue weighted by Crippen LogP contribution is 2.25. The predicted octanol–water partition coefficient (Wildman–Crippen LogP) is 4.28. The molecular formula is C22H17NO4. The minimum Gasteiger partial charge on any atom is -0.477 e. The molecule has 3 aromatic carbocycles. The third-order valence-corrected chi connectivity index (χ3v) is 4.68. The summed E-state index contributed by atoms with van der Waals surface area (Å²) in [5.41, 5.74) is 1.23. The molecule has 0 aliphatic heterocycles. The molecule has 27 heavy (non-hydrogen) atoms. The third-order valence-electron chi connectivity index (χ3n) is 4.68. The highest BCUT2D eigenvalue weighted by Gasteiger charge is 2.13. The zero-order valence-electron chi connectivity index (χ0n) is 14.7.